The number of rotatable bonds is 6. The summed E-state index contributed by atoms with van der Waals surface area (Å²) in [7, 11) is -2.84. The Labute approximate surface area is 161 Å². The van der Waals surface area contributed by atoms with Crippen molar-refractivity contribution in [1.82, 2.24) is 0 Å². The maximum absolute atomic E-state index is 12.1. The summed E-state index contributed by atoms with van der Waals surface area (Å²) in [5.41, 5.74) is 1.07. The van der Waals surface area contributed by atoms with Gasteiger partial charge in [-0.3, -0.25) is 4.79 Å². The van der Waals surface area contributed by atoms with Crippen LogP contribution < -0.4 is 15.2 Å². The van der Waals surface area contributed by atoms with Crippen LogP contribution in [0.15, 0.2) is 41.3 Å². The summed E-state index contributed by atoms with van der Waals surface area (Å²) in [4.78, 5) is 23.7. The number of benzene rings is 2. The van der Waals surface area contributed by atoms with Gasteiger partial charge in [-0.25, -0.2) is 18.4 Å². The average Bonchev–Trinajstić information content (AvgIpc) is 2.62. The molecule has 1 amide bonds. The molecule has 0 saturated heterocycles. The number of ether oxygens (including phenoxy) is 2. The molecule has 0 bridgehead atoms. The van der Waals surface area contributed by atoms with Gasteiger partial charge in [0.15, 0.2) is 6.61 Å². The van der Waals surface area contributed by atoms with Gasteiger partial charge in [0.05, 0.1) is 12.7 Å². The lowest BCUT2D eigenvalue weighted by Gasteiger charge is -2.11. The highest BCUT2D eigenvalue weighted by Crippen LogP contribution is 2.24. The highest BCUT2D eigenvalue weighted by molar-refractivity contribution is 7.89. The number of carbonyl (C=O) groups is 2. The van der Waals surface area contributed by atoms with E-state index in [9.17, 15) is 18.0 Å². The molecule has 8 nitrogen and oxygen atoms in total. The van der Waals surface area contributed by atoms with Crippen molar-refractivity contribution in [2.45, 2.75) is 11.8 Å². The second-order valence-electron chi connectivity index (χ2n) is 5.45. The summed E-state index contributed by atoms with van der Waals surface area (Å²) in [6.07, 6.45) is 0. The van der Waals surface area contributed by atoms with E-state index >= 15 is 0 Å². The molecule has 0 aliphatic rings. The van der Waals surface area contributed by atoms with Crippen LogP contribution in [0.1, 0.15) is 15.9 Å². The fourth-order valence-electron chi connectivity index (χ4n) is 2.17. The van der Waals surface area contributed by atoms with Crippen molar-refractivity contribution < 1.29 is 27.5 Å². The number of primary sulfonamides is 1. The minimum Gasteiger partial charge on any atom is -0.495 e. The second kappa shape index (κ2) is 8.38. The Morgan fingerprint density at radius 3 is 2.56 bits per heavy atom. The van der Waals surface area contributed by atoms with Crippen LogP contribution in [-0.4, -0.2) is 34.0 Å². The van der Waals surface area contributed by atoms with Crippen LogP contribution in [0.4, 0.5) is 5.69 Å². The van der Waals surface area contributed by atoms with Crippen LogP contribution in [0.2, 0.25) is 5.02 Å². The fourth-order valence-corrected chi connectivity index (χ4v) is 3.07. The number of anilines is 1. The average molecular weight is 413 g/mol. The molecule has 27 heavy (non-hydrogen) atoms. The third-order valence-electron chi connectivity index (χ3n) is 3.58. The van der Waals surface area contributed by atoms with E-state index in [1.54, 1.807) is 25.1 Å². The summed E-state index contributed by atoms with van der Waals surface area (Å²) in [6.45, 7) is 1.16. The molecule has 2 aromatic rings. The zero-order valence-electron chi connectivity index (χ0n) is 14.5. The number of carbonyl (C=O) groups excluding carboxylic acids is 2. The normalized spacial score (nSPS) is 11.0. The highest BCUT2D eigenvalue weighted by atomic mass is 35.5. The molecule has 0 fully saturated rings. The van der Waals surface area contributed by atoms with Crippen LogP contribution in [-0.2, 0) is 19.6 Å². The monoisotopic (exact) mass is 412 g/mol. The number of sulfonamides is 1. The fraction of sp³-hybridized carbons (Fsp3) is 0.176. The lowest BCUT2D eigenvalue weighted by Crippen LogP contribution is -2.21. The number of amides is 1. The predicted molar refractivity (Wildman–Crippen MR) is 99.5 cm³/mol. The van der Waals surface area contributed by atoms with Crippen molar-refractivity contribution in [1.29, 1.82) is 0 Å². The van der Waals surface area contributed by atoms with Crippen LogP contribution >= 0.6 is 11.6 Å². The van der Waals surface area contributed by atoms with E-state index in [-0.39, 0.29) is 16.2 Å². The number of nitrogens with two attached hydrogens (primary N) is 1. The zero-order valence-corrected chi connectivity index (χ0v) is 16.1. The zero-order chi connectivity index (χ0) is 20.2. The number of nitrogens with one attached hydrogen (secondary N) is 1. The van der Waals surface area contributed by atoms with E-state index in [0.29, 0.717) is 16.3 Å². The van der Waals surface area contributed by atoms with Gasteiger partial charge < -0.3 is 14.8 Å². The molecule has 0 radical (unpaired) electrons. The first kappa shape index (κ1) is 20.7. The summed E-state index contributed by atoms with van der Waals surface area (Å²) in [6, 6.07) is 8.60. The second-order valence-corrected chi connectivity index (χ2v) is 7.38. The predicted octanol–water partition coefficient (Wildman–Crippen LogP) is 2.10. The van der Waals surface area contributed by atoms with Crippen molar-refractivity contribution in [2.75, 3.05) is 19.0 Å². The van der Waals surface area contributed by atoms with Gasteiger partial charge in [-0.2, -0.15) is 0 Å². The number of hydrogen-bond acceptors (Lipinski definition) is 6. The molecule has 0 aromatic heterocycles. The largest absolute Gasteiger partial charge is 0.495 e. The van der Waals surface area contributed by atoms with E-state index < -0.39 is 28.5 Å². The summed E-state index contributed by atoms with van der Waals surface area (Å²) >= 11 is 5.97. The summed E-state index contributed by atoms with van der Waals surface area (Å²) in [5.74, 6) is -1.47. The number of halogens is 1. The molecule has 0 saturated carbocycles. The lowest BCUT2D eigenvalue weighted by atomic mass is 10.2. The molecule has 0 heterocycles. The molecular weight excluding hydrogens is 396 g/mol. The quantitative estimate of drug-likeness (QED) is 0.700. The Morgan fingerprint density at radius 1 is 1.22 bits per heavy atom. The van der Waals surface area contributed by atoms with Crippen molar-refractivity contribution in [3.05, 3.63) is 52.5 Å². The Bertz CT molecular complexity index is 991. The van der Waals surface area contributed by atoms with Gasteiger partial charge in [0.1, 0.15) is 10.6 Å². The van der Waals surface area contributed by atoms with Gasteiger partial charge >= 0.3 is 5.97 Å². The smallest absolute Gasteiger partial charge is 0.338 e. The number of esters is 1. The SMILES string of the molecule is COc1ccc(C(=O)OCC(=O)Nc2cccc(Cl)c2C)cc1S(N)(=O)=O. The molecule has 3 N–H and O–H groups in total. The molecule has 2 rings (SSSR count). The molecule has 0 spiro atoms. The van der Waals surface area contributed by atoms with Crippen LogP contribution in [0.5, 0.6) is 5.75 Å². The van der Waals surface area contributed by atoms with E-state index in [2.05, 4.69) is 5.32 Å². The Balaban J connectivity index is 2.07. The van der Waals surface area contributed by atoms with Crippen LogP contribution in [0, 0.1) is 6.92 Å². The summed E-state index contributed by atoms with van der Waals surface area (Å²) < 4.78 is 33.0. The third-order valence-corrected chi connectivity index (χ3v) is 4.92. The maximum atomic E-state index is 12.1. The third kappa shape index (κ3) is 5.19. The summed E-state index contributed by atoms with van der Waals surface area (Å²) in [5, 5.41) is 8.16. The number of hydrogen-bond donors (Lipinski definition) is 2. The standard InChI is InChI=1S/C17H17ClN2O6S/c1-10-12(18)4-3-5-13(10)20-16(21)9-26-17(22)11-6-7-14(25-2)15(8-11)27(19,23)24/h3-8H,9H2,1-2H3,(H,20,21)(H2,19,23,24). The first-order valence-corrected chi connectivity index (χ1v) is 9.49. The van der Waals surface area contributed by atoms with E-state index in [0.717, 1.165) is 6.07 Å². The van der Waals surface area contributed by atoms with Crippen LogP contribution in [0.3, 0.4) is 0 Å². The van der Waals surface area contributed by atoms with Crippen molar-refractivity contribution in [3.63, 3.8) is 0 Å². The van der Waals surface area contributed by atoms with E-state index in [1.807, 2.05) is 0 Å². The lowest BCUT2D eigenvalue weighted by molar-refractivity contribution is -0.119. The number of methoxy groups -OCH3 is 1. The van der Waals surface area contributed by atoms with Crippen LogP contribution in [0.25, 0.3) is 0 Å². The molecule has 144 valence electrons. The molecule has 10 heteroatoms. The molecule has 0 unspecified atom stereocenters. The van der Waals surface area contributed by atoms with E-state index in [1.165, 1.54) is 19.2 Å². The maximum Gasteiger partial charge on any atom is 0.338 e. The van der Waals surface area contributed by atoms with Crippen molar-refractivity contribution in [3.8, 4) is 5.75 Å². The van der Waals surface area contributed by atoms with Gasteiger partial charge in [-0.1, -0.05) is 17.7 Å². The first-order valence-electron chi connectivity index (χ1n) is 7.56. The van der Waals surface area contributed by atoms with Crippen molar-refractivity contribution >= 4 is 39.2 Å². The van der Waals surface area contributed by atoms with Gasteiger partial charge in [-0.15, -0.1) is 0 Å². The van der Waals surface area contributed by atoms with Gasteiger partial charge in [0, 0.05) is 10.7 Å². The van der Waals surface area contributed by atoms with Gasteiger partial charge in [-0.05, 0) is 42.8 Å². The topological polar surface area (TPSA) is 125 Å². The highest BCUT2D eigenvalue weighted by Gasteiger charge is 2.19. The molecule has 0 aliphatic carbocycles. The minimum absolute atomic E-state index is 0.0109. The Hall–Kier alpha value is -2.62. The minimum atomic E-state index is -4.11. The molecule has 0 aliphatic heterocycles. The Kier molecular flexibility index (Phi) is 6.42. The van der Waals surface area contributed by atoms with Gasteiger partial charge in [0.2, 0.25) is 10.0 Å². The Morgan fingerprint density at radius 2 is 1.93 bits per heavy atom. The molecular formula is C17H17ClN2O6S. The molecule has 0 atom stereocenters. The van der Waals surface area contributed by atoms with Crippen molar-refractivity contribution in [2.24, 2.45) is 5.14 Å². The first-order chi connectivity index (χ1) is 12.6. The van der Waals surface area contributed by atoms with Gasteiger partial charge in [0.25, 0.3) is 5.91 Å². The molecule has 2 aromatic carbocycles. The van der Waals surface area contributed by atoms with E-state index in [4.69, 9.17) is 26.2 Å².